The average molecular weight is 251 g/mol. The lowest BCUT2D eigenvalue weighted by Crippen LogP contribution is -2.38. The number of aromatic nitrogens is 1. The van der Waals surface area contributed by atoms with Gasteiger partial charge < -0.3 is 16.0 Å². The Morgan fingerprint density at radius 2 is 2.06 bits per heavy atom. The second kappa shape index (κ2) is 5.57. The molecular weight excluding hydrogens is 226 g/mol. The number of amides is 1. The van der Waals surface area contributed by atoms with E-state index >= 15 is 0 Å². The van der Waals surface area contributed by atoms with E-state index in [9.17, 15) is 4.79 Å². The molecule has 18 heavy (non-hydrogen) atoms. The minimum atomic E-state index is -0.284. The van der Waals surface area contributed by atoms with Crippen LogP contribution < -0.4 is 11.1 Å². The summed E-state index contributed by atoms with van der Waals surface area (Å²) in [6.07, 6.45) is 5.04. The molecule has 1 amide bonds. The average Bonchev–Trinajstić information content (AvgIpc) is 2.76. The van der Waals surface area contributed by atoms with Gasteiger partial charge in [0.1, 0.15) is 0 Å². The summed E-state index contributed by atoms with van der Waals surface area (Å²) in [7, 11) is 0. The highest BCUT2D eigenvalue weighted by Crippen LogP contribution is 2.21. The molecule has 0 aliphatic carbocycles. The predicted octanol–water partition coefficient (Wildman–Crippen LogP) is 1.93. The van der Waals surface area contributed by atoms with Crippen LogP contribution >= 0.6 is 0 Å². The van der Waals surface area contributed by atoms with Gasteiger partial charge >= 0.3 is 0 Å². The van der Waals surface area contributed by atoms with Gasteiger partial charge in [-0.2, -0.15) is 0 Å². The summed E-state index contributed by atoms with van der Waals surface area (Å²) in [5, 5.41) is 2.98. The maximum absolute atomic E-state index is 11.7. The molecule has 0 atom stereocenters. The number of rotatable bonds is 6. The molecule has 0 unspecified atom stereocenters. The highest BCUT2D eigenvalue weighted by atomic mass is 16.1. The molecule has 0 aliphatic heterocycles. The van der Waals surface area contributed by atoms with Crippen LogP contribution in [0.5, 0.6) is 0 Å². The van der Waals surface area contributed by atoms with Gasteiger partial charge in [0.15, 0.2) is 0 Å². The van der Waals surface area contributed by atoms with Crippen molar-refractivity contribution in [2.24, 2.45) is 5.73 Å². The summed E-state index contributed by atoms with van der Waals surface area (Å²) in [5.74, 6) is 0.0668. The summed E-state index contributed by atoms with van der Waals surface area (Å²) < 4.78 is 0. The molecule has 1 rings (SSSR count). The van der Waals surface area contributed by atoms with E-state index in [1.165, 1.54) is 5.56 Å². The van der Waals surface area contributed by atoms with E-state index in [4.69, 9.17) is 5.73 Å². The van der Waals surface area contributed by atoms with E-state index in [0.717, 1.165) is 0 Å². The largest absolute Gasteiger partial charge is 0.367 e. The van der Waals surface area contributed by atoms with Crippen LogP contribution in [0.4, 0.5) is 0 Å². The number of carbonyl (C=O) groups is 1. The Balaban J connectivity index is 2.39. The third-order valence-electron chi connectivity index (χ3n) is 3.10. The van der Waals surface area contributed by atoms with Gasteiger partial charge in [0.2, 0.25) is 5.91 Å². The SMILES string of the molecule is CC(C)(N)CCC(=O)NCC(C)(C)c1cc[nH]c1. The van der Waals surface area contributed by atoms with Gasteiger partial charge in [-0.15, -0.1) is 0 Å². The lowest BCUT2D eigenvalue weighted by Gasteiger charge is -2.24. The maximum atomic E-state index is 11.7. The Bertz CT molecular complexity index is 374. The van der Waals surface area contributed by atoms with Gasteiger partial charge in [-0.05, 0) is 31.9 Å². The smallest absolute Gasteiger partial charge is 0.220 e. The van der Waals surface area contributed by atoms with Crippen LogP contribution in [0.1, 0.15) is 46.1 Å². The number of H-pyrrole nitrogens is 1. The quantitative estimate of drug-likeness (QED) is 0.723. The molecule has 0 aromatic carbocycles. The molecule has 0 radical (unpaired) electrons. The molecule has 0 saturated heterocycles. The highest BCUT2D eigenvalue weighted by molar-refractivity contribution is 5.76. The third kappa shape index (κ3) is 4.92. The van der Waals surface area contributed by atoms with Crippen LogP contribution in [0.15, 0.2) is 18.5 Å². The summed E-state index contributed by atoms with van der Waals surface area (Å²) >= 11 is 0. The zero-order valence-corrected chi connectivity index (χ0v) is 11.8. The Morgan fingerprint density at radius 3 is 2.56 bits per heavy atom. The van der Waals surface area contributed by atoms with Crippen molar-refractivity contribution in [1.82, 2.24) is 10.3 Å². The number of hydrogen-bond acceptors (Lipinski definition) is 2. The molecule has 1 aromatic heterocycles. The number of carbonyl (C=O) groups excluding carboxylic acids is 1. The number of nitrogens with one attached hydrogen (secondary N) is 2. The lowest BCUT2D eigenvalue weighted by atomic mass is 9.86. The lowest BCUT2D eigenvalue weighted by molar-refractivity contribution is -0.121. The molecule has 1 heterocycles. The van der Waals surface area contributed by atoms with Crippen LogP contribution in [0, 0.1) is 0 Å². The van der Waals surface area contributed by atoms with E-state index in [1.807, 2.05) is 32.3 Å². The molecule has 4 nitrogen and oxygen atoms in total. The number of hydrogen-bond donors (Lipinski definition) is 3. The van der Waals surface area contributed by atoms with Crippen LogP contribution in [0.25, 0.3) is 0 Å². The van der Waals surface area contributed by atoms with Gasteiger partial charge in [-0.1, -0.05) is 13.8 Å². The van der Waals surface area contributed by atoms with Crippen molar-refractivity contribution in [1.29, 1.82) is 0 Å². The molecule has 4 heteroatoms. The van der Waals surface area contributed by atoms with E-state index < -0.39 is 0 Å². The standard InChI is InChI=1S/C14H25N3O/c1-13(2,11-6-8-16-9-11)10-17-12(18)5-7-14(3,4)15/h6,8-9,16H,5,7,10,15H2,1-4H3,(H,17,18). The first-order chi connectivity index (χ1) is 8.21. The second-order valence-electron chi connectivity index (χ2n) is 6.25. The zero-order valence-electron chi connectivity index (χ0n) is 11.8. The van der Waals surface area contributed by atoms with Crippen molar-refractivity contribution < 1.29 is 4.79 Å². The van der Waals surface area contributed by atoms with Crippen LogP contribution in [-0.2, 0) is 10.2 Å². The van der Waals surface area contributed by atoms with Crippen molar-refractivity contribution in [3.05, 3.63) is 24.0 Å². The van der Waals surface area contributed by atoms with E-state index in [-0.39, 0.29) is 16.9 Å². The van der Waals surface area contributed by atoms with Crippen molar-refractivity contribution >= 4 is 5.91 Å². The Hall–Kier alpha value is -1.29. The van der Waals surface area contributed by atoms with Gasteiger partial charge in [-0.25, -0.2) is 0 Å². The molecule has 0 saturated carbocycles. The van der Waals surface area contributed by atoms with E-state index in [2.05, 4.69) is 24.1 Å². The minimum Gasteiger partial charge on any atom is -0.367 e. The van der Waals surface area contributed by atoms with Crippen LogP contribution in [-0.4, -0.2) is 23.0 Å². The molecule has 0 bridgehead atoms. The second-order valence-corrected chi connectivity index (χ2v) is 6.25. The number of aromatic amines is 1. The first-order valence-corrected chi connectivity index (χ1v) is 6.40. The fraction of sp³-hybridized carbons (Fsp3) is 0.643. The Labute approximate surface area is 109 Å². The summed E-state index contributed by atoms with van der Waals surface area (Å²) in [4.78, 5) is 14.8. The van der Waals surface area contributed by atoms with Crippen molar-refractivity contribution in [3.8, 4) is 0 Å². The highest BCUT2D eigenvalue weighted by Gasteiger charge is 2.22. The molecule has 0 spiro atoms. The normalized spacial score (nSPS) is 12.5. The molecule has 0 aliphatic rings. The fourth-order valence-corrected chi connectivity index (χ4v) is 1.69. The van der Waals surface area contributed by atoms with E-state index in [1.54, 1.807) is 0 Å². The summed E-state index contributed by atoms with van der Waals surface area (Å²) in [5.41, 5.74) is 6.71. The first-order valence-electron chi connectivity index (χ1n) is 6.40. The monoisotopic (exact) mass is 251 g/mol. The first kappa shape index (κ1) is 14.8. The van der Waals surface area contributed by atoms with Gasteiger partial charge in [0.25, 0.3) is 0 Å². The summed E-state index contributed by atoms with van der Waals surface area (Å²) in [6, 6.07) is 2.04. The maximum Gasteiger partial charge on any atom is 0.220 e. The predicted molar refractivity (Wildman–Crippen MR) is 74.3 cm³/mol. The molecule has 0 fully saturated rings. The topological polar surface area (TPSA) is 70.9 Å². The van der Waals surface area contributed by atoms with Crippen molar-refractivity contribution in [2.45, 2.75) is 51.5 Å². The van der Waals surface area contributed by atoms with Crippen molar-refractivity contribution in [3.63, 3.8) is 0 Å². The number of nitrogens with two attached hydrogens (primary N) is 1. The van der Waals surface area contributed by atoms with Crippen molar-refractivity contribution in [2.75, 3.05) is 6.54 Å². The fourth-order valence-electron chi connectivity index (χ4n) is 1.69. The van der Waals surface area contributed by atoms with Gasteiger partial charge in [0, 0.05) is 36.3 Å². The Morgan fingerprint density at radius 1 is 1.39 bits per heavy atom. The summed E-state index contributed by atoms with van der Waals surface area (Å²) in [6.45, 7) is 8.73. The zero-order chi connectivity index (χ0) is 13.8. The third-order valence-corrected chi connectivity index (χ3v) is 3.10. The van der Waals surface area contributed by atoms with Crippen LogP contribution in [0.3, 0.4) is 0 Å². The van der Waals surface area contributed by atoms with Crippen LogP contribution in [0.2, 0.25) is 0 Å². The molecular formula is C14H25N3O. The Kier molecular flexibility index (Phi) is 4.57. The minimum absolute atomic E-state index is 0.0616. The van der Waals surface area contributed by atoms with Gasteiger partial charge in [0.05, 0.1) is 0 Å². The molecule has 4 N–H and O–H groups in total. The molecule has 1 aromatic rings. The van der Waals surface area contributed by atoms with Gasteiger partial charge in [-0.3, -0.25) is 4.79 Å². The van der Waals surface area contributed by atoms with E-state index in [0.29, 0.717) is 19.4 Å². The molecule has 102 valence electrons.